The number of hydrogen-bond donors (Lipinski definition) is 1. The van der Waals surface area contributed by atoms with E-state index < -0.39 is 0 Å². The van der Waals surface area contributed by atoms with Crippen molar-refractivity contribution in [3.8, 4) is 0 Å². The Morgan fingerprint density at radius 1 is 1.10 bits per heavy atom. The number of hydrogen-bond acceptors (Lipinski definition) is 2. The van der Waals surface area contributed by atoms with Crippen molar-refractivity contribution in [3.05, 3.63) is 59.9 Å². The second kappa shape index (κ2) is 6.53. The van der Waals surface area contributed by atoms with E-state index in [-0.39, 0.29) is 11.9 Å². The molecule has 0 spiro atoms. The lowest BCUT2D eigenvalue weighted by Gasteiger charge is -2.20. The Balaban J connectivity index is 2.13. The van der Waals surface area contributed by atoms with Crippen molar-refractivity contribution in [2.45, 2.75) is 25.8 Å². The first-order valence-corrected chi connectivity index (χ1v) is 6.94. The van der Waals surface area contributed by atoms with E-state index >= 15 is 0 Å². The molecule has 0 aliphatic carbocycles. The summed E-state index contributed by atoms with van der Waals surface area (Å²) < 4.78 is 13.2. The van der Waals surface area contributed by atoms with Gasteiger partial charge in [0.25, 0.3) is 0 Å². The van der Waals surface area contributed by atoms with Crippen LogP contribution >= 0.6 is 0 Å². The minimum absolute atomic E-state index is 0.210. The molecule has 0 fully saturated rings. The molecule has 0 saturated heterocycles. The smallest absolute Gasteiger partial charge is 0.125 e. The van der Waals surface area contributed by atoms with Crippen molar-refractivity contribution < 1.29 is 4.39 Å². The lowest BCUT2D eigenvalue weighted by Crippen LogP contribution is -2.21. The normalized spacial score (nSPS) is 12.2. The van der Waals surface area contributed by atoms with Crippen LogP contribution in [0.5, 0.6) is 0 Å². The summed E-state index contributed by atoms with van der Waals surface area (Å²) in [6.45, 7) is 2.09. The molecule has 0 aliphatic rings. The molecule has 3 heteroatoms. The number of rotatable bonds is 5. The first-order chi connectivity index (χ1) is 9.60. The van der Waals surface area contributed by atoms with Gasteiger partial charge in [-0.1, -0.05) is 25.1 Å². The van der Waals surface area contributed by atoms with Gasteiger partial charge in [-0.3, -0.25) is 0 Å². The molecule has 2 aromatic rings. The van der Waals surface area contributed by atoms with Crippen LogP contribution in [0.25, 0.3) is 0 Å². The summed E-state index contributed by atoms with van der Waals surface area (Å²) in [7, 11) is 1.93. The molecule has 1 atom stereocenters. The lowest BCUT2D eigenvalue weighted by atomic mass is 10.0. The van der Waals surface area contributed by atoms with Crippen LogP contribution in [0.1, 0.15) is 18.9 Å². The van der Waals surface area contributed by atoms with Gasteiger partial charge in [0, 0.05) is 24.5 Å². The third kappa shape index (κ3) is 3.58. The Kier molecular flexibility index (Phi) is 4.74. The van der Waals surface area contributed by atoms with E-state index in [4.69, 9.17) is 5.73 Å². The number of nitrogens with zero attached hydrogens (tertiary/aromatic N) is 1. The summed E-state index contributed by atoms with van der Waals surface area (Å²) in [6.07, 6.45) is 1.87. The van der Waals surface area contributed by atoms with Crippen LogP contribution in [0.4, 0.5) is 15.8 Å². The highest BCUT2D eigenvalue weighted by Crippen LogP contribution is 2.24. The van der Waals surface area contributed by atoms with Crippen LogP contribution < -0.4 is 10.6 Å². The molecule has 0 radical (unpaired) electrons. The number of benzene rings is 2. The molecular weight excluding hydrogens is 251 g/mol. The molecular formula is C17H21FN2. The van der Waals surface area contributed by atoms with Gasteiger partial charge < -0.3 is 10.6 Å². The highest BCUT2D eigenvalue weighted by Gasteiger charge is 2.06. The van der Waals surface area contributed by atoms with Crippen LogP contribution in [0.3, 0.4) is 0 Å². The minimum atomic E-state index is -0.222. The third-order valence-electron chi connectivity index (χ3n) is 3.54. The molecule has 0 saturated carbocycles. The molecule has 2 nitrogen and oxygen atoms in total. The molecule has 0 aromatic heterocycles. The molecule has 2 rings (SSSR count). The summed E-state index contributed by atoms with van der Waals surface area (Å²) in [5, 5.41) is 0. The summed E-state index contributed by atoms with van der Waals surface area (Å²) in [5.41, 5.74) is 9.06. The highest BCUT2D eigenvalue weighted by molar-refractivity contribution is 5.62. The molecule has 0 amide bonds. The van der Waals surface area contributed by atoms with Gasteiger partial charge >= 0.3 is 0 Å². The van der Waals surface area contributed by atoms with Gasteiger partial charge in [0.15, 0.2) is 0 Å². The van der Waals surface area contributed by atoms with Gasteiger partial charge in [0.05, 0.1) is 0 Å². The minimum Gasteiger partial charge on any atom is -0.345 e. The Bertz CT molecular complexity index is 551. The maximum atomic E-state index is 13.2. The zero-order chi connectivity index (χ0) is 14.5. The Morgan fingerprint density at radius 2 is 1.80 bits per heavy atom. The predicted octanol–water partition coefficient (Wildman–Crippen LogP) is 3.87. The predicted molar refractivity (Wildman–Crippen MR) is 82.9 cm³/mol. The fourth-order valence-electron chi connectivity index (χ4n) is 2.14. The second-order valence-corrected chi connectivity index (χ2v) is 5.08. The number of anilines is 2. The van der Waals surface area contributed by atoms with E-state index in [1.807, 2.05) is 30.1 Å². The monoisotopic (exact) mass is 272 g/mol. The quantitative estimate of drug-likeness (QED) is 0.895. The summed E-state index contributed by atoms with van der Waals surface area (Å²) in [5.74, 6) is -0.222. The van der Waals surface area contributed by atoms with Crippen molar-refractivity contribution in [3.63, 3.8) is 0 Å². The summed E-state index contributed by atoms with van der Waals surface area (Å²) in [6, 6.07) is 15.1. The first kappa shape index (κ1) is 14.5. The van der Waals surface area contributed by atoms with Crippen molar-refractivity contribution in [1.29, 1.82) is 0 Å². The average Bonchev–Trinajstić information content (AvgIpc) is 2.47. The van der Waals surface area contributed by atoms with Crippen LogP contribution in [-0.2, 0) is 6.42 Å². The number of nitrogens with two attached hydrogens (primary N) is 1. The van der Waals surface area contributed by atoms with E-state index in [1.165, 1.54) is 17.7 Å². The topological polar surface area (TPSA) is 29.3 Å². The molecule has 20 heavy (non-hydrogen) atoms. The molecule has 2 N–H and O–H groups in total. The molecule has 0 aliphatic heterocycles. The molecule has 106 valence electrons. The SMILES string of the molecule is CCC(N)Cc1ccc(N(C)c2cccc(F)c2)cc1. The van der Waals surface area contributed by atoms with Gasteiger partial charge in [0.1, 0.15) is 5.82 Å². The van der Waals surface area contributed by atoms with Crippen LogP contribution in [-0.4, -0.2) is 13.1 Å². The average molecular weight is 272 g/mol. The zero-order valence-electron chi connectivity index (χ0n) is 12.0. The lowest BCUT2D eigenvalue weighted by molar-refractivity contribution is 0.628. The summed E-state index contributed by atoms with van der Waals surface area (Å²) >= 11 is 0. The van der Waals surface area contributed by atoms with Crippen molar-refractivity contribution >= 4 is 11.4 Å². The van der Waals surface area contributed by atoms with Gasteiger partial charge in [-0.2, -0.15) is 0 Å². The maximum Gasteiger partial charge on any atom is 0.125 e. The molecule has 2 aromatic carbocycles. The molecule has 1 unspecified atom stereocenters. The van der Waals surface area contributed by atoms with E-state index in [0.717, 1.165) is 24.2 Å². The van der Waals surface area contributed by atoms with Crippen molar-refractivity contribution in [2.75, 3.05) is 11.9 Å². The van der Waals surface area contributed by atoms with Gasteiger partial charge in [0.2, 0.25) is 0 Å². The van der Waals surface area contributed by atoms with Gasteiger partial charge in [-0.15, -0.1) is 0 Å². The molecule has 0 bridgehead atoms. The standard InChI is InChI=1S/C17H21FN2/c1-3-15(19)11-13-7-9-16(10-8-13)20(2)17-6-4-5-14(18)12-17/h4-10,12,15H,3,11,19H2,1-2H3. The Labute approximate surface area is 120 Å². The zero-order valence-corrected chi connectivity index (χ0v) is 12.0. The Hall–Kier alpha value is -1.87. The van der Waals surface area contributed by atoms with Crippen LogP contribution in [0, 0.1) is 5.82 Å². The Morgan fingerprint density at radius 3 is 2.40 bits per heavy atom. The van der Waals surface area contributed by atoms with Crippen LogP contribution in [0.15, 0.2) is 48.5 Å². The number of halogens is 1. The van der Waals surface area contributed by atoms with Crippen molar-refractivity contribution in [1.82, 2.24) is 0 Å². The van der Waals surface area contributed by atoms with Crippen molar-refractivity contribution in [2.24, 2.45) is 5.73 Å². The summed E-state index contributed by atoms with van der Waals surface area (Å²) in [4.78, 5) is 1.96. The maximum absolute atomic E-state index is 13.2. The van der Waals surface area contributed by atoms with Gasteiger partial charge in [-0.05, 0) is 48.7 Å². The molecule has 0 heterocycles. The first-order valence-electron chi connectivity index (χ1n) is 6.94. The largest absolute Gasteiger partial charge is 0.345 e. The van der Waals surface area contributed by atoms with Gasteiger partial charge in [-0.25, -0.2) is 4.39 Å². The third-order valence-corrected chi connectivity index (χ3v) is 3.54. The van der Waals surface area contributed by atoms with E-state index in [1.54, 1.807) is 6.07 Å². The fraction of sp³-hybridized carbons (Fsp3) is 0.294. The van der Waals surface area contributed by atoms with E-state index in [0.29, 0.717) is 0 Å². The van der Waals surface area contributed by atoms with E-state index in [2.05, 4.69) is 19.1 Å². The van der Waals surface area contributed by atoms with Crippen LogP contribution in [0.2, 0.25) is 0 Å². The fourth-order valence-corrected chi connectivity index (χ4v) is 2.14. The van der Waals surface area contributed by atoms with E-state index in [9.17, 15) is 4.39 Å². The second-order valence-electron chi connectivity index (χ2n) is 5.08. The highest BCUT2D eigenvalue weighted by atomic mass is 19.1.